The number of nitrogens with two attached hydrogens (primary N) is 1. The van der Waals surface area contributed by atoms with Crippen molar-refractivity contribution in [3.63, 3.8) is 0 Å². The number of rotatable bonds is 4. The SMILES string of the molecule is CCOc1cc(N2CC[C@@H](N(C)C)C2)ccc1N. The molecule has 0 aliphatic carbocycles. The zero-order valence-corrected chi connectivity index (χ0v) is 11.5. The highest BCUT2D eigenvalue weighted by Crippen LogP contribution is 2.30. The molecule has 0 radical (unpaired) electrons. The van der Waals surface area contributed by atoms with Gasteiger partial charge in [-0.2, -0.15) is 0 Å². The standard InChI is InChI=1S/C14H23N3O/c1-4-18-14-9-11(5-6-13(14)15)17-8-7-12(10-17)16(2)3/h5-6,9,12H,4,7-8,10,15H2,1-3H3/t12-/m1/s1. The van der Waals surface area contributed by atoms with E-state index in [-0.39, 0.29) is 0 Å². The quantitative estimate of drug-likeness (QED) is 0.826. The molecule has 2 N–H and O–H groups in total. The molecule has 1 heterocycles. The summed E-state index contributed by atoms with van der Waals surface area (Å²) in [6, 6.07) is 6.70. The van der Waals surface area contributed by atoms with Crippen LogP contribution in [0.25, 0.3) is 0 Å². The maximum absolute atomic E-state index is 5.90. The Hall–Kier alpha value is -1.42. The molecule has 1 aromatic carbocycles. The maximum atomic E-state index is 5.90. The van der Waals surface area contributed by atoms with Gasteiger partial charge in [0.05, 0.1) is 12.3 Å². The van der Waals surface area contributed by atoms with Crippen molar-refractivity contribution in [2.45, 2.75) is 19.4 Å². The van der Waals surface area contributed by atoms with Crippen LogP contribution in [0.4, 0.5) is 11.4 Å². The van der Waals surface area contributed by atoms with Gasteiger partial charge in [-0.15, -0.1) is 0 Å². The van der Waals surface area contributed by atoms with Gasteiger partial charge in [0.25, 0.3) is 0 Å². The third-order valence-electron chi connectivity index (χ3n) is 3.56. The van der Waals surface area contributed by atoms with Gasteiger partial charge in [-0.3, -0.25) is 0 Å². The van der Waals surface area contributed by atoms with Crippen LogP contribution in [-0.2, 0) is 0 Å². The Morgan fingerprint density at radius 2 is 2.22 bits per heavy atom. The van der Waals surface area contributed by atoms with E-state index in [9.17, 15) is 0 Å². The molecule has 0 saturated carbocycles. The van der Waals surface area contributed by atoms with Gasteiger partial charge >= 0.3 is 0 Å². The van der Waals surface area contributed by atoms with E-state index in [1.165, 1.54) is 12.1 Å². The van der Waals surface area contributed by atoms with Gasteiger partial charge in [0, 0.05) is 30.9 Å². The molecule has 2 rings (SSSR count). The highest BCUT2D eigenvalue weighted by molar-refractivity contribution is 5.62. The monoisotopic (exact) mass is 249 g/mol. The summed E-state index contributed by atoms with van der Waals surface area (Å²) in [5.41, 5.74) is 7.82. The van der Waals surface area contributed by atoms with Gasteiger partial charge in [-0.05, 0) is 39.6 Å². The van der Waals surface area contributed by atoms with Gasteiger partial charge in [0.1, 0.15) is 5.75 Å². The van der Waals surface area contributed by atoms with Crippen LogP contribution in [0.2, 0.25) is 0 Å². The maximum Gasteiger partial charge on any atom is 0.144 e. The Balaban J connectivity index is 2.12. The second kappa shape index (κ2) is 5.48. The van der Waals surface area contributed by atoms with E-state index >= 15 is 0 Å². The van der Waals surface area contributed by atoms with Crippen LogP contribution in [0, 0.1) is 0 Å². The Kier molecular flexibility index (Phi) is 3.97. The number of hydrogen-bond donors (Lipinski definition) is 1. The van der Waals surface area contributed by atoms with Crippen LogP contribution in [0.3, 0.4) is 0 Å². The van der Waals surface area contributed by atoms with Crippen LogP contribution in [0.15, 0.2) is 18.2 Å². The molecule has 1 fully saturated rings. The minimum Gasteiger partial charge on any atom is -0.492 e. The molecule has 1 aliphatic heterocycles. The van der Waals surface area contributed by atoms with Crippen molar-refractivity contribution in [3.05, 3.63) is 18.2 Å². The van der Waals surface area contributed by atoms with Crippen molar-refractivity contribution in [2.75, 3.05) is 44.4 Å². The summed E-state index contributed by atoms with van der Waals surface area (Å²) in [6.07, 6.45) is 1.21. The average molecular weight is 249 g/mol. The summed E-state index contributed by atoms with van der Waals surface area (Å²) in [5, 5.41) is 0. The van der Waals surface area contributed by atoms with Crippen molar-refractivity contribution in [3.8, 4) is 5.75 Å². The lowest BCUT2D eigenvalue weighted by Gasteiger charge is -2.22. The zero-order chi connectivity index (χ0) is 13.1. The normalized spacial score (nSPS) is 19.6. The van der Waals surface area contributed by atoms with E-state index in [0.29, 0.717) is 18.3 Å². The third-order valence-corrected chi connectivity index (χ3v) is 3.56. The van der Waals surface area contributed by atoms with Crippen molar-refractivity contribution >= 4 is 11.4 Å². The first kappa shape index (κ1) is 13.0. The molecule has 1 aliphatic rings. The molecular weight excluding hydrogens is 226 g/mol. The lowest BCUT2D eigenvalue weighted by molar-refractivity contribution is 0.315. The predicted molar refractivity (Wildman–Crippen MR) is 76.3 cm³/mol. The summed E-state index contributed by atoms with van der Waals surface area (Å²) in [7, 11) is 4.28. The molecule has 1 aromatic rings. The van der Waals surface area contributed by atoms with Gasteiger partial charge < -0.3 is 20.3 Å². The second-order valence-corrected chi connectivity index (χ2v) is 5.01. The first-order chi connectivity index (χ1) is 8.61. The number of likely N-dealkylation sites (N-methyl/N-ethyl adjacent to an activating group) is 1. The minimum atomic E-state index is 0.637. The first-order valence-electron chi connectivity index (χ1n) is 6.55. The molecule has 0 unspecified atom stereocenters. The lowest BCUT2D eigenvalue weighted by Crippen LogP contribution is -2.31. The Labute approximate surface area is 109 Å². The number of nitrogen functional groups attached to an aromatic ring is 1. The van der Waals surface area contributed by atoms with Gasteiger partial charge in [-0.25, -0.2) is 0 Å². The van der Waals surface area contributed by atoms with Crippen LogP contribution in [-0.4, -0.2) is 44.7 Å². The van der Waals surface area contributed by atoms with E-state index in [2.05, 4.69) is 36.0 Å². The topological polar surface area (TPSA) is 41.7 Å². The number of benzene rings is 1. The van der Waals surface area contributed by atoms with E-state index in [0.717, 1.165) is 18.8 Å². The fraction of sp³-hybridized carbons (Fsp3) is 0.571. The molecule has 1 atom stereocenters. The molecule has 100 valence electrons. The van der Waals surface area contributed by atoms with E-state index in [4.69, 9.17) is 10.5 Å². The number of nitrogens with zero attached hydrogens (tertiary/aromatic N) is 2. The first-order valence-corrected chi connectivity index (χ1v) is 6.55. The smallest absolute Gasteiger partial charge is 0.144 e. The molecular formula is C14H23N3O. The Morgan fingerprint density at radius 3 is 2.83 bits per heavy atom. The van der Waals surface area contributed by atoms with Gasteiger partial charge in [0.15, 0.2) is 0 Å². The van der Waals surface area contributed by atoms with Gasteiger partial charge in [0.2, 0.25) is 0 Å². The van der Waals surface area contributed by atoms with Crippen LogP contribution >= 0.6 is 0 Å². The minimum absolute atomic E-state index is 0.637. The van der Waals surface area contributed by atoms with Crippen LogP contribution in [0.1, 0.15) is 13.3 Å². The highest BCUT2D eigenvalue weighted by atomic mass is 16.5. The summed E-state index contributed by atoms with van der Waals surface area (Å²) in [5.74, 6) is 0.795. The molecule has 4 nitrogen and oxygen atoms in total. The second-order valence-electron chi connectivity index (χ2n) is 5.01. The summed E-state index contributed by atoms with van der Waals surface area (Å²) in [6.45, 7) is 4.79. The number of anilines is 2. The summed E-state index contributed by atoms with van der Waals surface area (Å²) in [4.78, 5) is 4.69. The Bertz CT molecular complexity index is 406. The van der Waals surface area contributed by atoms with Crippen molar-refractivity contribution in [1.82, 2.24) is 4.90 Å². The zero-order valence-electron chi connectivity index (χ0n) is 11.5. The molecule has 0 aromatic heterocycles. The number of hydrogen-bond acceptors (Lipinski definition) is 4. The molecule has 0 amide bonds. The summed E-state index contributed by atoms with van der Waals surface area (Å²) < 4.78 is 5.55. The molecule has 18 heavy (non-hydrogen) atoms. The largest absolute Gasteiger partial charge is 0.492 e. The van der Waals surface area contributed by atoms with Crippen LogP contribution in [0.5, 0.6) is 5.75 Å². The molecule has 4 heteroatoms. The third kappa shape index (κ3) is 2.70. The van der Waals surface area contributed by atoms with Gasteiger partial charge in [-0.1, -0.05) is 0 Å². The van der Waals surface area contributed by atoms with Crippen molar-refractivity contribution in [2.24, 2.45) is 0 Å². The Morgan fingerprint density at radius 1 is 1.44 bits per heavy atom. The fourth-order valence-electron chi connectivity index (χ4n) is 2.40. The van der Waals surface area contributed by atoms with E-state index < -0.39 is 0 Å². The van der Waals surface area contributed by atoms with Crippen molar-refractivity contribution in [1.29, 1.82) is 0 Å². The van der Waals surface area contributed by atoms with E-state index in [1.807, 2.05) is 13.0 Å². The fourth-order valence-corrected chi connectivity index (χ4v) is 2.40. The molecule has 0 bridgehead atoms. The van der Waals surface area contributed by atoms with Crippen molar-refractivity contribution < 1.29 is 4.74 Å². The number of ether oxygens (including phenoxy) is 1. The summed E-state index contributed by atoms with van der Waals surface area (Å²) >= 11 is 0. The molecule has 1 saturated heterocycles. The van der Waals surface area contributed by atoms with Crippen LogP contribution < -0.4 is 15.4 Å². The molecule has 0 spiro atoms. The lowest BCUT2D eigenvalue weighted by atomic mass is 10.2. The average Bonchev–Trinajstić information content (AvgIpc) is 2.82. The predicted octanol–water partition coefficient (Wildman–Crippen LogP) is 1.81. The highest BCUT2D eigenvalue weighted by Gasteiger charge is 2.24. The van der Waals surface area contributed by atoms with E-state index in [1.54, 1.807) is 0 Å².